The summed E-state index contributed by atoms with van der Waals surface area (Å²) in [4.78, 5) is 24.2. The monoisotopic (exact) mass is 359 g/mol. The van der Waals surface area contributed by atoms with Crippen molar-refractivity contribution >= 4 is 23.2 Å². The minimum atomic E-state index is -0.400. The van der Waals surface area contributed by atoms with Gasteiger partial charge in [-0.05, 0) is 24.0 Å². The van der Waals surface area contributed by atoms with Crippen LogP contribution in [0.2, 0.25) is 0 Å². The van der Waals surface area contributed by atoms with Crippen molar-refractivity contribution in [2.24, 2.45) is 5.92 Å². The quantitative estimate of drug-likeness (QED) is 0.778. The van der Waals surface area contributed by atoms with Crippen LogP contribution in [0, 0.1) is 5.92 Å². The van der Waals surface area contributed by atoms with Crippen LogP contribution in [0.25, 0.3) is 0 Å². The fraction of sp³-hybridized carbons (Fsp3) is 0.421. The van der Waals surface area contributed by atoms with Crippen LogP contribution in [0.1, 0.15) is 56.3 Å². The molecule has 0 aliphatic heterocycles. The van der Waals surface area contributed by atoms with E-state index in [1.54, 1.807) is 24.3 Å². The van der Waals surface area contributed by atoms with Crippen molar-refractivity contribution in [3.05, 3.63) is 35.7 Å². The fourth-order valence-electron chi connectivity index (χ4n) is 2.30. The summed E-state index contributed by atoms with van der Waals surface area (Å²) in [6.07, 6.45) is 0.422. The number of amides is 2. The zero-order valence-corrected chi connectivity index (χ0v) is 15.8. The summed E-state index contributed by atoms with van der Waals surface area (Å²) in [6.45, 7) is 7.89. The number of hydrogen-bond donors (Lipinski definition) is 2. The van der Waals surface area contributed by atoms with Gasteiger partial charge in [-0.3, -0.25) is 9.59 Å². The summed E-state index contributed by atoms with van der Waals surface area (Å²) in [7, 11) is 1.50. The third-order valence-electron chi connectivity index (χ3n) is 3.67. The fourth-order valence-corrected chi connectivity index (χ4v) is 2.30. The molecule has 1 aromatic carbocycles. The van der Waals surface area contributed by atoms with E-state index in [9.17, 15) is 9.59 Å². The smallest absolute Gasteiger partial charge is 0.294 e. The zero-order chi connectivity index (χ0) is 19.3. The number of hydrogen-bond acceptors (Lipinski definition) is 5. The normalized spacial score (nSPS) is 10.9. The molecular weight excluding hydrogens is 334 g/mol. The molecule has 7 nitrogen and oxygen atoms in total. The van der Waals surface area contributed by atoms with Crippen LogP contribution in [-0.2, 0) is 4.79 Å². The Morgan fingerprint density at radius 2 is 1.88 bits per heavy atom. The number of anilines is 2. The molecule has 0 spiro atoms. The predicted octanol–water partition coefficient (Wildman–Crippen LogP) is 4.04. The van der Waals surface area contributed by atoms with Crippen LogP contribution in [0.3, 0.4) is 0 Å². The molecule has 7 heteroatoms. The van der Waals surface area contributed by atoms with E-state index >= 15 is 0 Å². The molecule has 0 aliphatic rings. The van der Waals surface area contributed by atoms with Gasteiger partial charge in [0.05, 0.1) is 18.5 Å². The van der Waals surface area contributed by atoms with Gasteiger partial charge in [-0.1, -0.05) is 32.9 Å². The molecule has 0 saturated heterocycles. The number of benzene rings is 1. The van der Waals surface area contributed by atoms with E-state index in [4.69, 9.17) is 9.26 Å². The lowest BCUT2D eigenvalue weighted by atomic mass is 10.1. The second-order valence-corrected chi connectivity index (χ2v) is 6.79. The summed E-state index contributed by atoms with van der Waals surface area (Å²) in [5.41, 5.74) is 1.80. The first-order chi connectivity index (χ1) is 12.3. The summed E-state index contributed by atoms with van der Waals surface area (Å²) >= 11 is 0. The van der Waals surface area contributed by atoms with Gasteiger partial charge in [0, 0.05) is 24.2 Å². The average molecular weight is 359 g/mol. The van der Waals surface area contributed by atoms with E-state index in [1.807, 2.05) is 27.7 Å². The molecule has 0 radical (unpaired) electrons. The first-order valence-corrected chi connectivity index (χ1v) is 8.56. The van der Waals surface area contributed by atoms with Crippen molar-refractivity contribution in [3.8, 4) is 5.75 Å². The van der Waals surface area contributed by atoms with E-state index in [0.29, 0.717) is 23.5 Å². The summed E-state index contributed by atoms with van der Waals surface area (Å²) in [5.74, 6) is 0.551. The zero-order valence-electron chi connectivity index (χ0n) is 15.8. The lowest BCUT2D eigenvalue weighted by Crippen LogP contribution is -2.15. The Bertz CT molecular complexity index is 781. The lowest BCUT2D eigenvalue weighted by molar-refractivity contribution is -0.116. The molecule has 1 heterocycles. The molecule has 2 aromatic rings. The lowest BCUT2D eigenvalue weighted by Gasteiger charge is -2.13. The Labute approximate surface area is 153 Å². The molecular formula is C19H25N3O4. The van der Waals surface area contributed by atoms with Gasteiger partial charge in [0.25, 0.3) is 5.91 Å². The van der Waals surface area contributed by atoms with E-state index in [-0.39, 0.29) is 23.5 Å². The van der Waals surface area contributed by atoms with Crippen LogP contribution < -0.4 is 15.4 Å². The third kappa shape index (κ3) is 5.08. The topological polar surface area (TPSA) is 93.5 Å². The van der Waals surface area contributed by atoms with Crippen molar-refractivity contribution in [3.63, 3.8) is 0 Å². The average Bonchev–Trinajstić information content (AvgIpc) is 3.05. The minimum Gasteiger partial charge on any atom is -0.494 e. The van der Waals surface area contributed by atoms with Gasteiger partial charge in [-0.25, -0.2) is 0 Å². The van der Waals surface area contributed by atoms with Gasteiger partial charge in [0.1, 0.15) is 5.75 Å². The SMILES string of the molecule is COc1cc(NC(=O)c2cc(C(C)C)no2)ccc1NC(=O)CC(C)C. The maximum Gasteiger partial charge on any atom is 0.294 e. The minimum absolute atomic E-state index is 0.0852. The van der Waals surface area contributed by atoms with Gasteiger partial charge in [-0.15, -0.1) is 0 Å². The van der Waals surface area contributed by atoms with E-state index in [2.05, 4.69) is 15.8 Å². The number of nitrogens with one attached hydrogen (secondary N) is 2. The van der Waals surface area contributed by atoms with Crippen molar-refractivity contribution in [1.82, 2.24) is 5.16 Å². The highest BCUT2D eigenvalue weighted by Gasteiger charge is 2.16. The largest absolute Gasteiger partial charge is 0.494 e. The molecule has 2 rings (SSSR count). The Kier molecular flexibility index (Phi) is 6.38. The Hall–Kier alpha value is -2.83. The Morgan fingerprint density at radius 1 is 1.15 bits per heavy atom. The standard InChI is InChI=1S/C19H25N3O4/c1-11(2)8-18(23)21-14-7-6-13(9-16(14)25-5)20-19(24)17-10-15(12(3)4)22-26-17/h6-7,9-12H,8H2,1-5H3,(H,20,24)(H,21,23). The van der Waals surface area contributed by atoms with Gasteiger partial charge < -0.3 is 19.9 Å². The number of methoxy groups -OCH3 is 1. The van der Waals surface area contributed by atoms with Crippen LogP contribution >= 0.6 is 0 Å². The number of carbonyl (C=O) groups excluding carboxylic acids is 2. The van der Waals surface area contributed by atoms with Crippen LogP contribution in [0.5, 0.6) is 5.75 Å². The Balaban J connectivity index is 2.10. The maximum atomic E-state index is 12.3. The molecule has 0 fully saturated rings. The summed E-state index contributed by atoms with van der Waals surface area (Å²) < 4.78 is 10.4. The van der Waals surface area contributed by atoms with E-state index < -0.39 is 5.91 Å². The van der Waals surface area contributed by atoms with Crippen LogP contribution in [0.4, 0.5) is 11.4 Å². The highest BCUT2D eigenvalue weighted by atomic mass is 16.5. The maximum absolute atomic E-state index is 12.3. The molecule has 2 amide bonds. The molecule has 0 bridgehead atoms. The molecule has 0 unspecified atom stereocenters. The predicted molar refractivity (Wildman–Crippen MR) is 99.6 cm³/mol. The Morgan fingerprint density at radius 3 is 2.46 bits per heavy atom. The van der Waals surface area contributed by atoms with E-state index in [1.165, 1.54) is 7.11 Å². The van der Waals surface area contributed by atoms with Crippen molar-refractivity contribution in [1.29, 1.82) is 0 Å². The highest BCUT2D eigenvalue weighted by Crippen LogP contribution is 2.28. The van der Waals surface area contributed by atoms with Crippen LogP contribution in [0.15, 0.2) is 28.8 Å². The summed E-state index contributed by atoms with van der Waals surface area (Å²) in [5, 5.41) is 9.42. The molecule has 2 N–H and O–H groups in total. The number of nitrogens with zero attached hydrogens (tertiary/aromatic N) is 1. The van der Waals surface area contributed by atoms with Gasteiger partial charge >= 0.3 is 0 Å². The first kappa shape index (κ1) is 19.5. The molecule has 0 atom stereocenters. The van der Waals surface area contributed by atoms with Gasteiger partial charge in [0.15, 0.2) is 0 Å². The first-order valence-electron chi connectivity index (χ1n) is 8.56. The van der Waals surface area contributed by atoms with Crippen molar-refractivity contribution < 1.29 is 18.8 Å². The number of rotatable bonds is 7. The molecule has 0 aliphatic carbocycles. The van der Waals surface area contributed by atoms with Crippen molar-refractivity contribution in [2.75, 3.05) is 17.7 Å². The van der Waals surface area contributed by atoms with Crippen molar-refractivity contribution in [2.45, 2.75) is 40.0 Å². The second-order valence-electron chi connectivity index (χ2n) is 6.79. The second kappa shape index (κ2) is 8.51. The molecule has 1 aromatic heterocycles. The highest BCUT2D eigenvalue weighted by molar-refractivity contribution is 6.02. The molecule has 26 heavy (non-hydrogen) atoms. The van der Waals surface area contributed by atoms with E-state index in [0.717, 1.165) is 5.69 Å². The summed E-state index contributed by atoms with van der Waals surface area (Å²) in [6, 6.07) is 6.64. The number of aromatic nitrogens is 1. The third-order valence-corrected chi connectivity index (χ3v) is 3.67. The van der Waals surface area contributed by atoms with Crippen LogP contribution in [-0.4, -0.2) is 24.1 Å². The molecule has 0 saturated carbocycles. The van der Waals surface area contributed by atoms with Gasteiger partial charge in [-0.2, -0.15) is 0 Å². The molecule has 140 valence electrons. The van der Waals surface area contributed by atoms with Gasteiger partial charge in [0.2, 0.25) is 11.7 Å². The number of ether oxygens (including phenoxy) is 1. The number of carbonyl (C=O) groups is 2.